The molecule has 4 nitrogen and oxygen atoms in total. The Kier molecular flexibility index (Phi) is 4.74. The topological polar surface area (TPSA) is 46.9 Å². The molecule has 1 amide bonds. The van der Waals surface area contributed by atoms with E-state index in [-0.39, 0.29) is 10.7 Å². The first-order chi connectivity index (χ1) is 7.88. The second kappa shape index (κ2) is 5.67. The highest BCUT2D eigenvalue weighted by Gasteiger charge is 2.18. The summed E-state index contributed by atoms with van der Waals surface area (Å²) in [5, 5.41) is 7.37. The number of rotatable bonds is 4. The highest BCUT2D eigenvalue weighted by Crippen LogP contribution is 2.23. The van der Waals surface area contributed by atoms with Crippen LogP contribution in [0.2, 0.25) is 0 Å². The predicted molar refractivity (Wildman–Crippen MR) is 73.7 cm³/mol. The van der Waals surface area contributed by atoms with E-state index < -0.39 is 0 Å². The molecule has 0 aliphatic carbocycles. The Balaban J connectivity index is 2.96. The zero-order valence-corrected chi connectivity index (χ0v) is 12.6. The minimum Gasteiger partial charge on any atom is -0.322 e. The molecule has 0 aliphatic heterocycles. The number of hydrogen-bond acceptors (Lipinski definition) is 2. The van der Waals surface area contributed by atoms with Crippen molar-refractivity contribution in [3.05, 3.63) is 11.4 Å². The van der Waals surface area contributed by atoms with E-state index in [1.165, 1.54) is 0 Å². The molecular formula is C12H20BrN3O. The number of aromatic nitrogens is 2. The van der Waals surface area contributed by atoms with Crippen molar-refractivity contribution in [1.82, 2.24) is 9.78 Å². The molecule has 0 spiro atoms. The zero-order valence-electron chi connectivity index (χ0n) is 11.0. The fraction of sp³-hybridized carbons (Fsp3) is 0.667. The molecule has 5 heteroatoms. The third-order valence-corrected chi connectivity index (χ3v) is 3.77. The Morgan fingerprint density at radius 2 is 2.06 bits per heavy atom. The normalized spacial score (nSPS) is 12.9. The highest BCUT2D eigenvalue weighted by atomic mass is 79.9. The number of aryl methyl sites for hydroxylation is 1. The van der Waals surface area contributed by atoms with Gasteiger partial charge in [-0.2, -0.15) is 5.10 Å². The SMILES string of the molecule is CCC(Br)C(=O)Nc1c(C)nn(C(C)C)c1C. The summed E-state index contributed by atoms with van der Waals surface area (Å²) in [5.41, 5.74) is 2.70. The maximum absolute atomic E-state index is 11.8. The molecule has 0 saturated carbocycles. The van der Waals surface area contributed by atoms with E-state index >= 15 is 0 Å². The monoisotopic (exact) mass is 301 g/mol. The van der Waals surface area contributed by atoms with Crippen molar-refractivity contribution >= 4 is 27.5 Å². The Labute approximate surface area is 111 Å². The van der Waals surface area contributed by atoms with E-state index in [4.69, 9.17) is 0 Å². The lowest BCUT2D eigenvalue weighted by atomic mass is 10.2. The quantitative estimate of drug-likeness (QED) is 0.868. The summed E-state index contributed by atoms with van der Waals surface area (Å²) in [6, 6.07) is 0.297. The molecule has 0 fully saturated rings. The van der Waals surface area contributed by atoms with Gasteiger partial charge in [0.1, 0.15) is 0 Å². The molecule has 0 radical (unpaired) electrons. The smallest absolute Gasteiger partial charge is 0.238 e. The van der Waals surface area contributed by atoms with Gasteiger partial charge in [-0.25, -0.2) is 0 Å². The van der Waals surface area contributed by atoms with E-state index in [1.807, 2.05) is 25.5 Å². The molecule has 1 heterocycles. The van der Waals surface area contributed by atoms with Gasteiger partial charge in [0.25, 0.3) is 0 Å². The summed E-state index contributed by atoms with van der Waals surface area (Å²) in [6.07, 6.45) is 0.766. The van der Waals surface area contributed by atoms with Crippen LogP contribution in [0.5, 0.6) is 0 Å². The molecule has 1 aromatic rings. The second-order valence-electron chi connectivity index (χ2n) is 4.45. The summed E-state index contributed by atoms with van der Waals surface area (Å²) < 4.78 is 1.93. The maximum Gasteiger partial charge on any atom is 0.238 e. The number of carbonyl (C=O) groups excluding carboxylic acids is 1. The lowest BCUT2D eigenvalue weighted by Crippen LogP contribution is -2.22. The fourth-order valence-electron chi connectivity index (χ4n) is 1.73. The van der Waals surface area contributed by atoms with E-state index in [0.717, 1.165) is 23.5 Å². The molecule has 0 aromatic carbocycles. The minimum atomic E-state index is -0.149. The Bertz CT molecular complexity index is 412. The van der Waals surface area contributed by atoms with Crippen LogP contribution in [0.3, 0.4) is 0 Å². The number of anilines is 1. The van der Waals surface area contributed by atoms with Gasteiger partial charge in [0.2, 0.25) is 5.91 Å². The van der Waals surface area contributed by atoms with Gasteiger partial charge in [-0.1, -0.05) is 22.9 Å². The molecule has 1 unspecified atom stereocenters. The van der Waals surface area contributed by atoms with Gasteiger partial charge in [-0.05, 0) is 34.1 Å². The van der Waals surface area contributed by atoms with Gasteiger partial charge in [-0.15, -0.1) is 0 Å². The van der Waals surface area contributed by atoms with Crippen LogP contribution in [0.4, 0.5) is 5.69 Å². The summed E-state index contributed by atoms with van der Waals surface area (Å²) >= 11 is 3.35. The molecule has 96 valence electrons. The first-order valence-electron chi connectivity index (χ1n) is 5.89. The van der Waals surface area contributed by atoms with Crippen LogP contribution in [0, 0.1) is 13.8 Å². The molecule has 0 aliphatic rings. The fourth-order valence-corrected chi connectivity index (χ4v) is 1.85. The number of nitrogens with zero attached hydrogens (tertiary/aromatic N) is 2. The van der Waals surface area contributed by atoms with Crippen molar-refractivity contribution in [3.63, 3.8) is 0 Å². The third kappa shape index (κ3) is 3.09. The minimum absolute atomic E-state index is 0.0120. The Morgan fingerprint density at radius 1 is 1.47 bits per heavy atom. The Hall–Kier alpha value is -0.840. The second-order valence-corrected chi connectivity index (χ2v) is 5.55. The summed E-state index contributed by atoms with van der Waals surface area (Å²) in [5.74, 6) is -0.0120. The standard InChI is InChI=1S/C12H20BrN3O/c1-6-10(13)12(17)14-11-8(4)15-16(7(2)3)9(11)5/h7,10H,6H2,1-5H3,(H,14,17). The van der Waals surface area contributed by atoms with Crippen LogP contribution in [0.15, 0.2) is 0 Å². The number of alkyl halides is 1. The molecular weight excluding hydrogens is 282 g/mol. The summed E-state index contributed by atoms with van der Waals surface area (Å²) in [4.78, 5) is 11.7. The van der Waals surface area contributed by atoms with Crippen LogP contribution < -0.4 is 5.32 Å². The largest absolute Gasteiger partial charge is 0.322 e. The Morgan fingerprint density at radius 3 is 2.47 bits per heavy atom. The molecule has 1 aromatic heterocycles. The average Bonchev–Trinajstić information content (AvgIpc) is 2.55. The molecule has 1 N–H and O–H groups in total. The van der Waals surface area contributed by atoms with Crippen LogP contribution in [0.25, 0.3) is 0 Å². The van der Waals surface area contributed by atoms with Crippen LogP contribution in [-0.2, 0) is 4.79 Å². The first-order valence-corrected chi connectivity index (χ1v) is 6.80. The molecule has 17 heavy (non-hydrogen) atoms. The lowest BCUT2D eigenvalue weighted by molar-refractivity contribution is -0.115. The lowest BCUT2D eigenvalue weighted by Gasteiger charge is -2.11. The molecule has 0 bridgehead atoms. The van der Waals surface area contributed by atoms with Crippen molar-refractivity contribution in [2.45, 2.75) is 51.9 Å². The van der Waals surface area contributed by atoms with Crippen molar-refractivity contribution in [2.24, 2.45) is 0 Å². The van der Waals surface area contributed by atoms with Crippen LogP contribution >= 0.6 is 15.9 Å². The molecule has 0 saturated heterocycles. The van der Waals surface area contributed by atoms with E-state index in [1.54, 1.807) is 0 Å². The number of amides is 1. The zero-order chi connectivity index (χ0) is 13.2. The van der Waals surface area contributed by atoms with Gasteiger partial charge < -0.3 is 5.32 Å². The summed E-state index contributed by atoms with van der Waals surface area (Å²) in [6.45, 7) is 10.0. The van der Waals surface area contributed by atoms with Crippen molar-refractivity contribution in [1.29, 1.82) is 0 Å². The third-order valence-electron chi connectivity index (χ3n) is 2.71. The van der Waals surface area contributed by atoms with Gasteiger partial charge >= 0.3 is 0 Å². The highest BCUT2D eigenvalue weighted by molar-refractivity contribution is 9.10. The number of hydrogen-bond donors (Lipinski definition) is 1. The van der Waals surface area contributed by atoms with Crippen molar-refractivity contribution < 1.29 is 4.79 Å². The van der Waals surface area contributed by atoms with Crippen LogP contribution in [0.1, 0.15) is 44.6 Å². The number of halogens is 1. The molecule has 1 atom stereocenters. The van der Waals surface area contributed by atoms with E-state index in [2.05, 4.69) is 40.2 Å². The predicted octanol–water partition coefficient (Wildman–Crippen LogP) is 3.19. The first kappa shape index (κ1) is 14.2. The van der Waals surface area contributed by atoms with Gasteiger partial charge in [0, 0.05) is 6.04 Å². The maximum atomic E-state index is 11.8. The van der Waals surface area contributed by atoms with Crippen molar-refractivity contribution in [2.75, 3.05) is 5.32 Å². The molecule has 1 rings (SSSR count). The average molecular weight is 302 g/mol. The van der Waals surface area contributed by atoms with E-state index in [0.29, 0.717) is 6.04 Å². The van der Waals surface area contributed by atoms with Gasteiger partial charge in [-0.3, -0.25) is 9.48 Å². The summed E-state index contributed by atoms with van der Waals surface area (Å²) in [7, 11) is 0. The van der Waals surface area contributed by atoms with Gasteiger partial charge in [0.05, 0.1) is 21.9 Å². The van der Waals surface area contributed by atoms with Crippen molar-refractivity contribution in [3.8, 4) is 0 Å². The van der Waals surface area contributed by atoms with Gasteiger partial charge in [0.15, 0.2) is 0 Å². The number of carbonyl (C=O) groups is 1. The number of nitrogens with one attached hydrogen (secondary N) is 1. The van der Waals surface area contributed by atoms with E-state index in [9.17, 15) is 4.79 Å². The van der Waals surface area contributed by atoms with Crippen LogP contribution in [-0.4, -0.2) is 20.5 Å².